The van der Waals surface area contributed by atoms with Crippen molar-refractivity contribution in [1.82, 2.24) is 10.2 Å². The summed E-state index contributed by atoms with van der Waals surface area (Å²) in [4.78, 5) is 14.5. The smallest absolute Gasteiger partial charge is 0.253 e. The first-order valence-electron chi connectivity index (χ1n) is 8.38. The maximum atomic E-state index is 12.7. The fourth-order valence-corrected chi connectivity index (χ4v) is 3.56. The molecule has 0 unspecified atom stereocenters. The molecule has 2 rings (SSSR count). The maximum absolute atomic E-state index is 12.7. The highest BCUT2D eigenvalue weighted by molar-refractivity contribution is 7.92. The molecule has 1 amide bonds. The van der Waals surface area contributed by atoms with Crippen molar-refractivity contribution in [3.63, 3.8) is 0 Å². The lowest BCUT2D eigenvalue weighted by atomic mass is 9.96. The molecule has 0 aliphatic carbocycles. The van der Waals surface area contributed by atoms with E-state index in [1.54, 1.807) is 18.2 Å². The molecule has 142 valence electrons. The molecule has 1 saturated heterocycles. The molecule has 1 heterocycles. The van der Waals surface area contributed by atoms with Crippen LogP contribution in [0.3, 0.4) is 0 Å². The van der Waals surface area contributed by atoms with E-state index in [0.717, 1.165) is 50.8 Å². The van der Waals surface area contributed by atoms with E-state index >= 15 is 0 Å². The second-order valence-electron chi connectivity index (χ2n) is 6.45. The summed E-state index contributed by atoms with van der Waals surface area (Å²) < 4.78 is 25.4. The van der Waals surface area contributed by atoms with Gasteiger partial charge >= 0.3 is 0 Å². The largest absolute Gasteiger partial charge is 0.339 e. The normalized spacial score (nSPS) is 15.6. The van der Waals surface area contributed by atoms with E-state index < -0.39 is 10.0 Å². The van der Waals surface area contributed by atoms with Crippen molar-refractivity contribution in [2.24, 2.45) is 5.92 Å². The van der Waals surface area contributed by atoms with Crippen LogP contribution in [0.25, 0.3) is 0 Å². The zero-order valence-electron chi connectivity index (χ0n) is 15.0. The number of sulfonamides is 1. The fraction of sp³-hybridized carbons (Fsp3) is 0.588. The van der Waals surface area contributed by atoms with Crippen molar-refractivity contribution < 1.29 is 13.2 Å². The number of likely N-dealkylation sites (tertiary alicyclic amines) is 1. The van der Waals surface area contributed by atoms with E-state index in [-0.39, 0.29) is 18.3 Å². The SMILES string of the molecule is CCNCC1CCN(C(=O)c2ccc(C)c(NS(C)(=O)=O)c2)CC1.Cl. The number of carbonyl (C=O) groups is 1. The summed E-state index contributed by atoms with van der Waals surface area (Å²) in [6.45, 7) is 7.38. The molecule has 1 aromatic carbocycles. The zero-order valence-corrected chi connectivity index (χ0v) is 16.7. The number of amides is 1. The number of benzene rings is 1. The number of nitrogens with one attached hydrogen (secondary N) is 2. The third kappa shape index (κ3) is 6.49. The number of halogens is 1. The van der Waals surface area contributed by atoms with Gasteiger partial charge in [0.1, 0.15) is 0 Å². The van der Waals surface area contributed by atoms with E-state index in [4.69, 9.17) is 0 Å². The monoisotopic (exact) mass is 389 g/mol. The van der Waals surface area contributed by atoms with Crippen LogP contribution in [-0.2, 0) is 10.0 Å². The van der Waals surface area contributed by atoms with Crippen LogP contribution in [0.15, 0.2) is 18.2 Å². The van der Waals surface area contributed by atoms with E-state index in [0.29, 0.717) is 17.2 Å². The van der Waals surface area contributed by atoms with Crippen LogP contribution in [0.4, 0.5) is 5.69 Å². The van der Waals surface area contributed by atoms with Gasteiger partial charge in [0.25, 0.3) is 5.91 Å². The van der Waals surface area contributed by atoms with Crippen molar-refractivity contribution in [1.29, 1.82) is 0 Å². The molecular formula is C17H28ClN3O3S. The lowest BCUT2D eigenvalue weighted by molar-refractivity contribution is 0.0690. The van der Waals surface area contributed by atoms with Gasteiger partial charge in [-0.15, -0.1) is 12.4 Å². The highest BCUT2D eigenvalue weighted by Crippen LogP contribution is 2.22. The number of anilines is 1. The van der Waals surface area contributed by atoms with Crippen molar-refractivity contribution in [2.75, 3.05) is 37.2 Å². The minimum absolute atomic E-state index is 0. The van der Waals surface area contributed by atoms with Crippen LogP contribution < -0.4 is 10.0 Å². The third-order valence-electron chi connectivity index (χ3n) is 4.36. The minimum atomic E-state index is -3.37. The summed E-state index contributed by atoms with van der Waals surface area (Å²) in [5.74, 6) is 0.586. The van der Waals surface area contributed by atoms with Gasteiger partial charge in [0.05, 0.1) is 11.9 Å². The van der Waals surface area contributed by atoms with Crippen LogP contribution in [-0.4, -0.2) is 51.7 Å². The molecule has 1 aliphatic heterocycles. The highest BCUT2D eigenvalue weighted by Gasteiger charge is 2.23. The van der Waals surface area contributed by atoms with Crippen molar-refractivity contribution >= 4 is 34.0 Å². The lowest BCUT2D eigenvalue weighted by Crippen LogP contribution is -2.40. The van der Waals surface area contributed by atoms with E-state index in [2.05, 4.69) is 17.0 Å². The van der Waals surface area contributed by atoms with Crippen LogP contribution >= 0.6 is 12.4 Å². The van der Waals surface area contributed by atoms with Crippen molar-refractivity contribution in [3.05, 3.63) is 29.3 Å². The molecule has 1 aliphatic rings. The van der Waals surface area contributed by atoms with E-state index in [1.165, 1.54) is 0 Å². The summed E-state index contributed by atoms with van der Waals surface area (Å²) in [6.07, 6.45) is 3.11. The standard InChI is InChI=1S/C17H27N3O3S.ClH/c1-4-18-12-14-7-9-20(10-8-14)17(21)15-6-5-13(2)16(11-15)19-24(3,22)23;/h5-6,11,14,18-19H,4,7-10,12H2,1-3H3;1H. The number of piperidine rings is 1. The summed E-state index contributed by atoms with van der Waals surface area (Å²) in [5.41, 5.74) is 1.78. The number of aryl methyl sites for hydroxylation is 1. The molecule has 0 aromatic heterocycles. The average molecular weight is 390 g/mol. The number of hydrogen-bond acceptors (Lipinski definition) is 4. The van der Waals surface area contributed by atoms with Gasteiger partial charge < -0.3 is 10.2 Å². The number of nitrogens with zero attached hydrogens (tertiary/aromatic N) is 1. The van der Waals surface area contributed by atoms with Crippen LogP contribution in [0.2, 0.25) is 0 Å². The molecule has 0 saturated carbocycles. The van der Waals surface area contributed by atoms with Crippen LogP contribution in [0, 0.1) is 12.8 Å². The predicted octanol–water partition coefficient (Wildman–Crippen LogP) is 2.25. The quantitative estimate of drug-likeness (QED) is 0.782. The topological polar surface area (TPSA) is 78.5 Å². The van der Waals surface area contributed by atoms with Gasteiger partial charge in [0.2, 0.25) is 10.0 Å². The summed E-state index contributed by atoms with van der Waals surface area (Å²) >= 11 is 0. The second kappa shape index (κ2) is 9.40. The van der Waals surface area contributed by atoms with E-state index in [9.17, 15) is 13.2 Å². The molecular weight excluding hydrogens is 362 g/mol. The van der Waals surface area contributed by atoms with Gasteiger partial charge in [-0.3, -0.25) is 9.52 Å². The molecule has 1 aromatic rings. The maximum Gasteiger partial charge on any atom is 0.253 e. The molecule has 1 fully saturated rings. The Labute approximate surface area is 156 Å². The summed E-state index contributed by atoms with van der Waals surface area (Å²) in [7, 11) is -3.37. The van der Waals surface area contributed by atoms with Crippen molar-refractivity contribution in [2.45, 2.75) is 26.7 Å². The molecule has 0 spiro atoms. The first-order valence-corrected chi connectivity index (χ1v) is 10.3. The Morgan fingerprint density at radius 2 is 1.92 bits per heavy atom. The lowest BCUT2D eigenvalue weighted by Gasteiger charge is -2.32. The first-order chi connectivity index (χ1) is 11.3. The average Bonchev–Trinajstić information content (AvgIpc) is 2.53. The highest BCUT2D eigenvalue weighted by atomic mass is 35.5. The van der Waals surface area contributed by atoms with Crippen LogP contribution in [0.5, 0.6) is 0 Å². The first kappa shape index (κ1) is 21.7. The van der Waals surface area contributed by atoms with E-state index in [1.807, 2.05) is 11.8 Å². The minimum Gasteiger partial charge on any atom is -0.339 e. The van der Waals surface area contributed by atoms with Gasteiger partial charge in [0.15, 0.2) is 0 Å². The third-order valence-corrected chi connectivity index (χ3v) is 4.96. The van der Waals surface area contributed by atoms with Gasteiger partial charge in [-0.25, -0.2) is 8.42 Å². The Morgan fingerprint density at radius 1 is 1.28 bits per heavy atom. The zero-order chi connectivity index (χ0) is 17.7. The molecule has 25 heavy (non-hydrogen) atoms. The van der Waals surface area contributed by atoms with Gasteiger partial charge in [-0.05, 0) is 56.5 Å². The Bertz CT molecular complexity index is 686. The summed E-state index contributed by atoms with van der Waals surface area (Å²) in [5, 5.41) is 3.36. The molecule has 6 nitrogen and oxygen atoms in total. The fourth-order valence-electron chi connectivity index (χ4n) is 2.94. The Morgan fingerprint density at radius 3 is 2.48 bits per heavy atom. The molecule has 0 atom stereocenters. The van der Waals surface area contributed by atoms with Gasteiger partial charge in [0, 0.05) is 18.7 Å². The number of carbonyl (C=O) groups excluding carboxylic acids is 1. The Hall–Kier alpha value is -1.31. The molecule has 0 bridgehead atoms. The second-order valence-corrected chi connectivity index (χ2v) is 8.20. The molecule has 8 heteroatoms. The number of hydrogen-bond donors (Lipinski definition) is 2. The van der Waals surface area contributed by atoms with Crippen LogP contribution in [0.1, 0.15) is 35.7 Å². The Kier molecular flexibility index (Phi) is 8.18. The predicted molar refractivity (Wildman–Crippen MR) is 104 cm³/mol. The number of rotatable bonds is 6. The summed E-state index contributed by atoms with van der Waals surface area (Å²) in [6, 6.07) is 5.16. The Balaban J connectivity index is 0.00000312. The van der Waals surface area contributed by atoms with Crippen molar-refractivity contribution in [3.8, 4) is 0 Å². The molecule has 0 radical (unpaired) electrons. The molecule has 2 N–H and O–H groups in total. The van der Waals surface area contributed by atoms with Gasteiger partial charge in [-0.1, -0.05) is 13.0 Å². The van der Waals surface area contributed by atoms with Gasteiger partial charge in [-0.2, -0.15) is 0 Å².